The molecule has 0 bridgehead atoms. The highest BCUT2D eigenvalue weighted by Gasteiger charge is 2.93. The van der Waals surface area contributed by atoms with E-state index in [-0.39, 0.29) is 19.0 Å². The molecule has 3 atom stereocenters. The van der Waals surface area contributed by atoms with Crippen molar-refractivity contribution in [2.24, 2.45) is 21.6 Å². The Morgan fingerprint density at radius 1 is 1.21 bits per heavy atom. The van der Waals surface area contributed by atoms with Crippen molar-refractivity contribution < 1.29 is 9.47 Å². The molecule has 1 heterocycles. The second-order valence-electron chi connectivity index (χ2n) is 5.74. The number of hydrogen-bond acceptors (Lipinski definition) is 6. The summed E-state index contributed by atoms with van der Waals surface area (Å²) in [6.45, 7) is 4.07. The minimum absolute atomic E-state index is 0.0540. The van der Waals surface area contributed by atoms with Crippen molar-refractivity contribution in [3.05, 3.63) is 34.9 Å². The monoisotopic (exact) mass is 344 g/mol. The highest BCUT2D eigenvalue weighted by molar-refractivity contribution is 6.31. The minimum Gasteiger partial charge on any atom is -0.386 e. The highest BCUT2D eigenvalue weighted by Crippen LogP contribution is 2.82. The van der Waals surface area contributed by atoms with Crippen molar-refractivity contribution in [1.82, 2.24) is 0 Å². The Bertz CT molecular complexity index is 791. The van der Waals surface area contributed by atoms with Gasteiger partial charge in [-0.05, 0) is 25.5 Å². The van der Waals surface area contributed by atoms with Crippen LogP contribution < -0.4 is 5.73 Å². The van der Waals surface area contributed by atoms with E-state index in [0.717, 1.165) is 0 Å². The molecule has 0 amide bonds. The lowest BCUT2D eigenvalue weighted by atomic mass is 9.93. The van der Waals surface area contributed by atoms with Crippen molar-refractivity contribution >= 4 is 17.4 Å². The van der Waals surface area contributed by atoms with Gasteiger partial charge in [0.2, 0.25) is 0 Å². The van der Waals surface area contributed by atoms with E-state index in [4.69, 9.17) is 26.8 Å². The fraction of sp³-hybridized carbons (Fsp3) is 0.471. The topological polar surface area (TPSA) is 104 Å². The van der Waals surface area contributed by atoms with Gasteiger partial charge in [-0.25, -0.2) is 4.99 Å². The van der Waals surface area contributed by atoms with Crippen molar-refractivity contribution in [2.75, 3.05) is 13.2 Å². The summed E-state index contributed by atoms with van der Waals surface area (Å²) >= 11 is 6.32. The van der Waals surface area contributed by atoms with E-state index in [1.54, 1.807) is 32.0 Å². The molecule has 124 valence electrons. The maximum atomic E-state index is 10.1. The number of fused-ring (bicyclic) bond motifs is 1. The Morgan fingerprint density at radius 2 is 1.83 bits per heavy atom. The molecular formula is C17H17ClN4O2. The van der Waals surface area contributed by atoms with Crippen molar-refractivity contribution in [3.8, 4) is 12.1 Å². The van der Waals surface area contributed by atoms with E-state index in [2.05, 4.69) is 17.1 Å². The fourth-order valence-electron chi connectivity index (χ4n) is 3.93. The van der Waals surface area contributed by atoms with Crippen molar-refractivity contribution in [3.63, 3.8) is 0 Å². The molecule has 1 aliphatic heterocycles. The quantitative estimate of drug-likeness (QED) is 0.826. The summed E-state index contributed by atoms with van der Waals surface area (Å²) < 4.78 is 11.5. The smallest absolute Gasteiger partial charge is 0.293 e. The molecule has 1 aromatic carbocycles. The standard InChI is InChI=1S/C17H17ClN4O2/c1-3-23-17(24-4-2)16(10-20)13(11-7-5-6-8-12(11)18)15(16,9-19)14(21)22-17/h5-8,13H,3-4H2,1-2H3,(H2,21,22)/t13-,15-,16+/m0/s1. The zero-order valence-corrected chi connectivity index (χ0v) is 14.2. The maximum Gasteiger partial charge on any atom is 0.293 e. The van der Waals surface area contributed by atoms with Crippen LogP contribution in [0.4, 0.5) is 0 Å². The van der Waals surface area contributed by atoms with Crippen LogP contribution in [0, 0.1) is 33.5 Å². The second-order valence-corrected chi connectivity index (χ2v) is 6.15. The molecule has 1 saturated carbocycles. The molecule has 0 radical (unpaired) electrons. The van der Waals surface area contributed by atoms with Gasteiger partial charge in [-0.2, -0.15) is 10.5 Å². The summed E-state index contributed by atoms with van der Waals surface area (Å²) in [5.41, 5.74) is 4.11. The molecule has 1 fully saturated rings. The number of ether oxygens (including phenoxy) is 2. The van der Waals surface area contributed by atoms with Gasteiger partial charge in [-0.15, -0.1) is 0 Å². The number of nitrogens with zero attached hydrogens (tertiary/aromatic N) is 3. The van der Waals surface area contributed by atoms with Crippen LogP contribution in [0.25, 0.3) is 0 Å². The first kappa shape index (κ1) is 16.7. The maximum absolute atomic E-state index is 10.1. The van der Waals surface area contributed by atoms with Crippen molar-refractivity contribution in [2.45, 2.75) is 25.7 Å². The average molecular weight is 345 g/mol. The van der Waals surface area contributed by atoms with Crippen LogP contribution in [-0.4, -0.2) is 25.0 Å². The van der Waals surface area contributed by atoms with E-state index >= 15 is 0 Å². The molecule has 2 N–H and O–H groups in total. The van der Waals surface area contributed by atoms with Crippen LogP contribution in [0.3, 0.4) is 0 Å². The third kappa shape index (κ3) is 1.63. The van der Waals surface area contributed by atoms with Crippen LogP contribution in [0.5, 0.6) is 0 Å². The predicted molar refractivity (Wildman–Crippen MR) is 87.9 cm³/mol. The fourth-order valence-corrected chi connectivity index (χ4v) is 4.17. The Hall–Kier alpha value is -2.12. The summed E-state index contributed by atoms with van der Waals surface area (Å²) in [5.74, 6) is -2.11. The molecule has 6 nitrogen and oxygen atoms in total. The molecule has 1 aromatic rings. The van der Waals surface area contributed by atoms with Gasteiger partial charge in [0, 0.05) is 24.2 Å². The van der Waals surface area contributed by atoms with Crippen LogP contribution in [0.2, 0.25) is 5.02 Å². The molecule has 1 aliphatic carbocycles. The van der Waals surface area contributed by atoms with Gasteiger partial charge < -0.3 is 15.2 Å². The lowest BCUT2D eigenvalue weighted by molar-refractivity contribution is -0.255. The summed E-state index contributed by atoms with van der Waals surface area (Å²) in [7, 11) is 0. The number of nitrogens with two attached hydrogens (primary N) is 1. The summed E-state index contributed by atoms with van der Waals surface area (Å²) in [6.07, 6.45) is 0. The molecule has 3 rings (SSSR count). The molecule has 2 aliphatic rings. The lowest BCUT2D eigenvalue weighted by Crippen LogP contribution is -2.43. The number of amidine groups is 1. The molecule has 0 saturated heterocycles. The van der Waals surface area contributed by atoms with Crippen LogP contribution in [0.15, 0.2) is 29.3 Å². The average Bonchev–Trinajstić information content (AvgIpc) is 3.14. The van der Waals surface area contributed by atoms with E-state index in [0.29, 0.717) is 10.6 Å². The van der Waals surface area contributed by atoms with Gasteiger partial charge in [-0.1, -0.05) is 29.8 Å². The van der Waals surface area contributed by atoms with Gasteiger partial charge in [0.25, 0.3) is 5.91 Å². The zero-order chi connectivity index (χ0) is 17.6. The molecule has 0 unspecified atom stereocenters. The van der Waals surface area contributed by atoms with Gasteiger partial charge in [0.15, 0.2) is 5.41 Å². The predicted octanol–water partition coefficient (Wildman–Crippen LogP) is 2.55. The summed E-state index contributed by atoms with van der Waals surface area (Å²) in [5, 5.41) is 20.4. The second kappa shape index (κ2) is 5.46. The normalized spacial score (nSPS) is 32.4. The Kier molecular flexibility index (Phi) is 3.80. The third-order valence-corrected chi connectivity index (χ3v) is 5.17. The minimum atomic E-state index is -1.60. The third-order valence-electron chi connectivity index (χ3n) is 4.82. The number of halogens is 1. The molecule has 0 aromatic heterocycles. The number of hydrogen-bond donors (Lipinski definition) is 1. The Balaban J connectivity index is 2.25. The molecule has 0 spiro atoms. The van der Waals surface area contributed by atoms with Crippen LogP contribution >= 0.6 is 11.6 Å². The van der Waals surface area contributed by atoms with Crippen LogP contribution in [0.1, 0.15) is 25.3 Å². The van der Waals surface area contributed by atoms with E-state index in [9.17, 15) is 10.5 Å². The van der Waals surface area contributed by atoms with Crippen LogP contribution in [-0.2, 0) is 9.47 Å². The van der Waals surface area contributed by atoms with Gasteiger partial charge in [-0.3, -0.25) is 0 Å². The van der Waals surface area contributed by atoms with E-state index < -0.39 is 22.7 Å². The van der Waals surface area contributed by atoms with Gasteiger partial charge >= 0.3 is 0 Å². The number of nitriles is 2. The highest BCUT2D eigenvalue weighted by atomic mass is 35.5. The first-order valence-corrected chi connectivity index (χ1v) is 8.09. The lowest BCUT2D eigenvalue weighted by Gasteiger charge is -2.31. The number of aliphatic imine (C=N–C) groups is 1. The first-order chi connectivity index (χ1) is 11.5. The molecule has 24 heavy (non-hydrogen) atoms. The van der Waals surface area contributed by atoms with Crippen molar-refractivity contribution in [1.29, 1.82) is 10.5 Å². The van der Waals surface area contributed by atoms with Gasteiger partial charge in [0.1, 0.15) is 11.3 Å². The van der Waals surface area contributed by atoms with E-state index in [1.165, 1.54) is 0 Å². The van der Waals surface area contributed by atoms with Gasteiger partial charge in [0.05, 0.1) is 12.1 Å². The number of benzene rings is 1. The molecule has 7 heteroatoms. The summed E-state index contributed by atoms with van der Waals surface area (Å²) in [6, 6.07) is 11.6. The first-order valence-electron chi connectivity index (χ1n) is 7.72. The summed E-state index contributed by atoms with van der Waals surface area (Å²) in [4.78, 5) is 4.28. The molecular weight excluding hydrogens is 328 g/mol. The number of rotatable bonds is 5. The van der Waals surface area contributed by atoms with E-state index in [1.807, 2.05) is 6.07 Å². The Morgan fingerprint density at radius 3 is 2.33 bits per heavy atom. The largest absolute Gasteiger partial charge is 0.386 e. The zero-order valence-electron chi connectivity index (χ0n) is 13.4. The SMILES string of the molecule is CCOC1(OCC)N=C(N)[C@]2(C#N)[C@H](c3ccccc3Cl)[C@@]12C#N. The Labute approximate surface area is 145 Å².